The highest BCUT2D eigenvalue weighted by atomic mass is 35.5. The van der Waals surface area contributed by atoms with E-state index >= 15 is 0 Å². The Hall–Kier alpha value is -1.03. The molecule has 0 saturated carbocycles. The molecule has 0 aromatic rings. The number of alkyl halides is 1. The Kier molecular flexibility index (Phi) is 24.4. The highest BCUT2D eigenvalue weighted by molar-refractivity contribution is 6.17. The highest BCUT2D eigenvalue weighted by Gasteiger charge is 2.01. The maximum absolute atomic E-state index is 11.6. The second-order valence-corrected chi connectivity index (χ2v) is 8.75. The van der Waals surface area contributed by atoms with Crippen molar-refractivity contribution >= 4 is 23.5 Å². The van der Waals surface area contributed by atoms with Crippen molar-refractivity contribution < 1.29 is 19.1 Å². The minimum Gasteiger partial charge on any atom is -0.463 e. The first kappa shape index (κ1) is 30.0. The molecule has 0 aromatic carbocycles. The largest absolute Gasteiger partial charge is 0.463 e. The average molecular weight is 459 g/mol. The quantitative estimate of drug-likeness (QED) is 0.0675. The normalized spacial score (nSPS) is 11.2. The van der Waals surface area contributed by atoms with Crippen molar-refractivity contribution in [2.24, 2.45) is 0 Å². The minimum atomic E-state index is -0.495. The summed E-state index contributed by atoms with van der Waals surface area (Å²) in [6, 6.07) is 0. The number of carbonyl (C=O) groups excluding carboxylic acids is 2. The smallest absolute Gasteiger partial charge is 0.331 e. The zero-order valence-electron chi connectivity index (χ0n) is 20.0. The maximum atomic E-state index is 11.6. The third-order valence-electron chi connectivity index (χ3n) is 5.37. The average Bonchev–Trinajstić information content (AvgIpc) is 2.77. The van der Waals surface area contributed by atoms with Crippen LogP contribution in [0.15, 0.2) is 12.2 Å². The van der Waals surface area contributed by atoms with Gasteiger partial charge in [-0.1, -0.05) is 103 Å². The molecular formula is C26H47ClO4. The predicted octanol–water partition coefficient (Wildman–Crippen LogP) is 7.91. The van der Waals surface area contributed by atoms with E-state index in [4.69, 9.17) is 21.1 Å². The molecule has 182 valence electrons. The Morgan fingerprint density at radius 3 is 1.23 bits per heavy atom. The number of unbranched alkanes of at least 4 members (excludes halogenated alkanes) is 16. The first-order valence-electron chi connectivity index (χ1n) is 12.8. The number of halogens is 1. The van der Waals surface area contributed by atoms with Crippen molar-refractivity contribution in [1.29, 1.82) is 0 Å². The number of hydrogen-bond donors (Lipinski definition) is 0. The highest BCUT2D eigenvalue weighted by Crippen LogP contribution is 2.13. The molecule has 5 heteroatoms. The van der Waals surface area contributed by atoms with Crippen LogP contribution < -0.4 is 0 Å². The Bertz CT molecular complexity index is 437. The van der Waals surface area contributed by atoms with Gasteiger partial charge >= 0.3 is 11.9 Å². The van der Waals surface area contributed by atoms with Crippen molar-refractivity contribution in [3.63, 3.8) is 0 Å². The Morgan fingerprint density at radius 2 is 0.871 bits per heavy atom. The zero-order chi connectivity index (χ0) is 22.8. The predicted molar refractivity (Wildman–Crippen MR) is 131 cm³/mol. The monoisotopic (exact) mass is 458 g/mol. The van der Waals surface area contributed by atoms with Gasteiger partial charge in [-0.3, -0.25) is 0 Å². The van der Waals surface area contributed by atoms with Crippen LogP contribution in [0.3, 0.4) is 0 Å². The van der Waals surface area contributed by atoms with Gasteiger partial charge < -0.3 is 9.47 Å². The summed E-state index contributed by atoms with van der Waals surface area (Å²) in [7, 11) is 0. The van der Waals surface area contributed by atoms with E-state index in [1.54, 1.807) is 0 Å². The molecule has 0 heterocycles. The van der Waals surface area contributed by atoms with E-state index in [9.17, 15) is 9.59 Å². The summed E-state index contributed by atoms with van der Waals surface area (Å²) in [6.07, 6.45) is 24.3. The molecule has 0 spiro atoms. The molecular weight excluding hydrogens is 412 g/mol. The molecule has 0 N–H and O–H groups in total. The SMILES string of the molecule is CCCCCCCCCCCCCCCCOC(=O)/C=C/C(=O)OCCCCCCCl. The number of hydrogen-bond acceptors (Lipinski definition) is 4. The van der Waals surface area contributed by atoms with Gasteiger partial charge in [0.2, 0.25) is 0 Å². The number of esters is 2. The fourth-order valence-electron chi connectivity index (χ4n) is 3.42. The van der Waals surface area contributed by atoms with E-state index in [0.29, 0.717) is 19.1 Å². The number of carbonyl (C=O) groups is 2. The van der Waals surface area contributed by atoms with Crippen molar-refractivity contribution in [3.8, 4) is 0 Å². The van der Waals surface area contributed by atoms with Crippen LogP contribution in [-0.4, -0.2) is 31.0 Å². The molecule has 0 aliphatic heterocycles. The fraction of sp³-hybridized carbons (Fsp3) is 0.846. The summed E-state index contributed by atoms with van der Waals surface area (Å²) < 4.78 is 10.2. The Morgan fingerprint density at radius 1 is 0.548 bits per heavy atom. The van der Waals surface area contributed by atoms with Crippen molar-refractivity contribution in [2.75, 3.05) is 19.1 Å². The van der Waals surface area contributed by atoms with Crippen molar-refractivity contribution in [1.82, 2.24) is 0 Å². The first-order valence-corrected chi connectivity index (χ1v) is 13.3. The second kappa shape index (κ2) is 25.2. The van der Waals surface area contributed by atoms with Gasteiger partial charge in [0.25, 0.3) is 0 Å². The van der Waals surface area contributed by atoms with Crippen LogP contribution in [0.1, 0.15) is 122 Å². The number of rotatable bonds is 23. The first-order chi connectivity index (χ1) is 15.2. The van der Waals surface area contributed by atoms with E-state index in [2.05, 4.69) is 6.92 Å². The summed E-state index contributed by atoms with van der Waals surface area (Å²) in [6.45, 7) is 3.05. The topological polar surface area (TPSA) is 52.6 Å². The minimum absolute atomic E-state index is 0.375. The van der Waals surface area contributed by atoms with Gasteiger partial charge in [-0.2, -0.15) is 0 Å². The van der Waals surface area contributed by atoms with Gasteiger partial charge in [-0.25, -0.2) is 9.59 Å². The van der Waals surface area contributed by atoms with Gasteiger partial charge in [0, 0.05) is 18.0 Å². The molecule has 4 nitrogen and oxygen atoms in total. The molecule has 31 heavy (non-hydrogen) atoms. The van der Waals surface area contributed by atoms with Gasteiger partial charge in [-0.05, 0) is 19.3 Å². The van der Waals surface area contributed by atoms with Crippen LogP contribution in [0.2, 0.25) is 0 Å². The number of ether oxygens (including phenoxy) is 2. The van der Waals surface area contributed by atoms with Crippen LogP contribution in [0, 0.1) is 0 Å². The Balaban J connectivity index is 3.34. The van der Waals surface area contributed by atoms with Crippen LogP contribution in [0.5, 0.6) is 0 Å². The molecule has 0 fully saturated rings. The van der Waals surface area contributed by atoms with Crippen molar-refractivity contribution in [2.45, 2.75) is 122 Å². The zero-order valence-corrected chi connectivity index (χ0v) is 20.8. The van der Waals surface area contributed by atoms with Gasteiger partial charge in [0.15, 0.2) is 0 Å². The van der Waals surface area contributed by atoms with Gasteiger partial charge in [-0.15, -0.1) is 11.6 Å². The lowest BCUT2D eigenvalue weighted by Gasteiger charge is -2.04. The van der Waals surface area contributed by atoms with Gasteiger partial charge in [0.1, 0.15) is 0 Å². The molecule has 0 unspecified atom stereocenters. The molecule has 0 atom stereocenters. The fourth-order valence-corrected chi connectivity index (χ4v) is 3.61. The molecule has 0 saturated heterocycles. The van der Waals surface area contributed by atoms with Crippen LogP contribution in [0.25, 0.3) is 0 Å². The summed E-state index contributed by atoms with van der Waals surface area (Å²) >= 11 is 5.60. The molecule has 0 rings (SSSR count). The van der Waals surface area contributed by atoms with E-state index in [0.717, 1.165) is 50.7 Å². The molecule has 0 aliphatic rings. The molecule has 0 aliphatic carbocycles. The third-order valence-corrected chi connectivity index (χ3v) is 5.64. The van der Waals surface area contributed by atoms with E-state index in [-0.39, 0.29) is 0 Å². The Labute approximate surface area is 196 Å². The van der Waals surface area contributed by atoms with Crippen LogP contribution >= 0.6 is 11.6 Å². The standard InChI is InChI=1S/C26H47ClO4/c1-2-3-4-5-6-7-8-9-10-11-12-13-15-18-23-30-25(28)20-21-26(29)31-24-19-16-14-17-22-27/h20-21H,2-19,22-24H2,1H3/b21-20+. The molecule has 0 radical (unpaired) electrons. The lowest BCUT2D eigenvalue weighted by molar-refractivity contribution is -0.140. The van der Waals surface area contributed by atoms with E-state index in [1.165, 1.54) is 77.0 Å². The van der Waals surface area contributed by atoms with Gasteiger partial charge in [0.05, 0.1) is 13.2 Å². The molecule has 0 aromatic heterocycles. The van der Waals surface area contributed by atoms with E-state index < -0.39 is 11.9 Å². The summed E-state index contributed by atoms with van der Waals surface area (Å²) in [4.78, 5) is 23.1. The molecule has 0 amide bonds. The van der Waals surface area contributed by atoms with Crippen LogP contribution in [-0.2, 0) is 19.1 Å². The summed E-state index contributed by atoms with van der Waals surface area (Å²) in [5.41, 5.74) is 0. The summed E-state index contributed by atoms with van der Waals surface area (Å²) in [5, 5.41) is 0. The third kappa shape index (κ3) is 25.1. The maximum Gasteiger partial charge on any atom is 0.331 e. The lowest BCUT2D eigenvalue weighted by atomic mass is 10.0. The summed E-state index contributed by atoms with van der Waals surface area (Å²) in [5.74, 6) is -0.302. The second-order valence-electron chi connectivity index (χ2n) is 8.37. The molecule has 0 bridgehead atoms. The lowest BCUT2D eigenvalue weighted by Crippen LogP contribution is -2.06. The van der Waals surface area contributed by atoms with Crippen LogP contribution in [0.4, 0.5) is 0 Å². The van der Waals surface area contributed by atoms with Crippen molar-refractivity contribution in [3.05, 3.63) is 12.2 Å². The van der Waals surface area contributed by atoms with E-state index in [1.807, 2.05) is 0 Å².